The number of piperidine rings is 3. The van der Waals surface area contributed by atoms with E-state index < -0.39 is 0 Å². The number of fused-ring (bicyclic) bond motifs is 5. The van der Waals surface area contributed by atoms with Crippen LogP contribution in [-0.4, -0.2) is 56.6 Å². The summed E-state index contributed by atoms with van der Waals surface area (Å²) in [5.74, 6) is 2.84. The molecule has 0 saturated carbocycles. The predicted octanol–water partition coefficient (Wildman–Crippen LogP) is 4.80. The molecule has 35 heavy (non-hydrogen) atoms. The van der Waals surface area contributed by atoms with Gasteiger partial charge in [0, 0.05) is 23.9 Å². The van der Waals surface area contributed by atoms with Crippen molar-refractivity contribution in [3.63, 3.8) is 0 Å². The second kappa shape index (κ2) is 8.94. The molecule has 0 spiro atoms. The van der Waals surface area contributed by atoms with E-state index in [1.807, 2.05) is 18.2 Å². The predicted molar refractivity (Wildman–Crippen MR) is 132 cm³/mol. The maximum Gasteiger partial charge on any atom is 0.407 e. The van der Waals surface area contributed by atoms with Gasteiger partial charge >= 0.3 is 6.09 Å². The molecule has 5 aliphatic heterocycles. The zero-order valence-electron chi connectivity index (χ0n) is 20.5. The topological polar surface area (TPSA) is 69.3 Å². The minimum atomic E-state index is -0.332. The SMILES string of the molecule is CC1(C)COc2cc(-c3ccc4c(c3)OCCCO4)ccc2C1NC(=O)O[C@H]1CN2CCC1CC2. The van der Waals surface area contributed by atoms with Gasteiger partial charge in [-0.25, -0.2) is 4.79 Å². The highest BCUT2D eigenvalue weighted by molar-refractivity contribution is 5.71. The van der Waals surface area contributed by atoms with Gasteiger partial charge in [-0.3, -0.25) is 4.90 Å². The molecule has 1 unspecified atom stereocenters. The Morgan fingerprint density at radius 1 is 0.971 bits per heavy atom. The van der Waals surface area contributed by atoms with Gasteiger partial charge in [-0.05, 0) is 61.2 Å². The Morgan fingerprint density at radius 2 is 1.69 bits per heavy atom. The number of hydrogen-bond acceptors (Lipinski definition) is 6. The number of alkyl carbamates (subject to hydrolysis) is 1. The van der Waals surface area contributed by atoms with Crippen LogP contribution in [0.5, 0.6) is 17.2 Å². The fourth-order valence-corrected chi connectivity index (χ4v) is 5.80. The highest BCUT2D eigenvalue weighted by Crippen LogP contribution is 2.45. The molecule has 7 heteroatoms. The van der Waals surface area contributed by atoms with E-state index in [1.54, 1.807) is 0 Å². The average molecular weight is 479 g/mol. The van der Waals surface area contributed by atoms with Crippen molar-refractivity contribution < 1.29 is 23.7 Å². The maximum absolute atomic E-state index is 13.0. The van der Waals surface area contributed by atoms with Gasteiger partial charge in [0.05, 0.1) is 25.9 Å². The van der Waals surface area contributed by atoms with Gasteiger partial charge in [0.15, 0.2) is 11.5 Å². The van der Waals surface area contributed by atoms with E-state index in [2.05, 4.69) is 42.3 Å². The Morgan fingerprint density at radius 3 is 2.43 bits per heavy atom. The van der Waals surface area contributed by atoms with E-state index in [4.69, 9.17) is 18.9 Å². The van der Waals surface area contributed by atoms with Crippen LogP contribution in [0, 0.1) is 11.3 Å². The van der Waals surface area contributed by atoms with Gasteiger partial charge in [0.1, 0.15) is 11.9 Å². The first-order chi connectivity index (χ1) is 17.0. The summed E-state index contributed by atoms with van der Waals surface area (Å²) in [6.45, 7) is 9.17. The number of benzene rings is 2. The van der Waals surface area contributed by atoms with Gasteiger partial charge in [-0.2, -0.15) is 0 Å². The van der Waals surface area contributed by atoms with Crippen LogP contribution < -0.4 is 19.5 Å². The molecule has 3 saturated heterocycles. The van der Waals surface area contributed by atoms with Gasteiger partial charge < -0.3 is 24.3 Å². The molecule has 0 aromatic heterocycles. The smallest absolute Gasteiger partial charge is 0.407 e. The van der Waals surface area contributed by atoms with E-state index in [0.29, 0.717) is 25.7 Å². The second-order valence-corrected chi connectivity index (χ2v) is 10.9. The summed E-state index contributed by atoms with van der Waals surface area (Å²) in [6.07, 6.45) is 2.77. The number of nitrogens with zero attached hydrogens (tertiary/aromatic N) is 1. The van der Waals surface area contributed by atoms with E-state index >= 15 is 0 Å². The monoisotopic (exact) mass is 478 g/mol. The van der Waals surface area contributed by atoms with Crippen LogP contribution in [0.2, 0.25) is 0 Å². The molecule has 1 amide bonds. The minimum Gasteiger partial charge on any atom is -0.493 e. The standard InChI is InChI=1S/C28H34N2O5/c1-28(2)17-34-23-14-19(20-5-7-22-24(15-20)33-13-3-12-32-22)4-6-21(23)26(28)29-27(31)35-25-16-30-10-8-18(25)9-11-30/h4-7,14-15,18,25-26H,3,8-13,16-17H2,1-2H3,(H,29,31)/t25-,26?/m0/s1. The van der Waals surface area contributed by atoms with Crippen LogP contribution in [-0.2, 0) is 4.74 Å². The molecule has 0 radical (unpaired) electrons. The molecule has 2 atom stereocenters. The molecule has 5 heterocycles. The molecule has 2 aromatic rings. The second-order valence-electron chi connectivity index (χ2n) is 10.9. The van der Waals surface area contributed by atoms with Crippen LogP contribution in [0.1, 0.15) is 44.7 Å². The summed E-state index contributed by atoms with van der Waals surface area (Å²) in [4.78, 5) is 15.4. The summed E-state index contributed by atoms with van der Waals surface area (Å²) in [5, 5.41) is 3.18. The largest absolute Gasteiger partial charge is 0.493 e. The molecule has 2 bridgehead atoms. The lowest BCUT2D eigenvalue weighted by Gasteiger charge is -2.44. The Kier molecular flexibility index (Phi) is 5.75. The van der Waals surface area contributed by atoms with Crippen LogP contribution >= 0.6 is 0 Å². The molecule has 7 nitrogen and oxygen atoms in total. The maximum atomic E-state index is 13.0. The minimum absolute atomic E-state index is 0.0123. The quantitative estimate of drug-likeness (QED) is 0.684. The van der Waals surface area contributed by atoms with Gasteiger partial charge in [-0.1, -0.05) is 32.0 Å². The van der Waals surface area contributed by atoms with Crippen LogP contribution in [0.15, 0.2) is 36.4 Å². The van der Waals surface area contributed by atoms with Crippen molar-refractivity contribution in [1.29, 1.82) is 0 Å². The zero-order chi connectivity index (χ0) is 24.0. The van der Waals surface area contributed by atoms with Crippen molar-refractivity contribution in [2.75, 3.05) is 39.5 Å². The molecular weight excluding hydrogens is 444 g/mol. The highest BCUT2D eigenvalue weighted by Gasteiger charge is 2.41. The molecule has 1 N–H and O–H groups in total. The van der Waals surface area contributed by atoms with Crippen LogP contribution in [0.4, 0.5) is 4.79 Å². The number of nitrogens with one attached hydrogen (secondary N) is 1. The fraction of sp³-hybridized carbons (Fsp3) is 0.536. The van der Waals surface area contributed by atoms with Gasteiger partial charge in [0.25, 0.3) is 0 Å². The van der Waals surface area contributed by atoms with Crippen molar-refractivity contribution >= 4 is 6.09 Å². The van der Waals surface area contributed by atoms with Crippen molar-refractivity contribution in [3.8, 4) is 28.4 Å². The summed E-state index contributed by atoms with van der Waals surface area (Å²) in [5.41, 5.74) is 2.78. The zero-order valence-corrected chi connectivity index (χ0v) is 20.5. The summed E-state index contributed by atoms with van der Waals surface area (Å²) < 4.78 is 23.8. The molecule has 7 rings (SSSR count). The van der Waals surface area contributed by atoms with E-state index in [1.165, 1.54) is 0 Å². The molecule has 3 fully saturated rings. The van der Waals surface area contributed by atoms with Gasteiger partial charge in [-0.15, -0.1) is 0 Å². The van der Waals surface area contributed by atoms with Gasteiger partial charge in [0.2, 0.25) is 0 Å². The number of hydrogen-bond donors (Lipinski definition) is 1. The van der Waals surface area contributed by atoms with Crippen molar-refractivity contribution in [2.45, 2.75) is 45.3 Å². The first-order valence-corrected chi connectivity index (χ1v) is 12.8. The van der Waals surface area contributed by atoms with E-state index in [0.717, 1.165) is 72.8 Å². The lowest BCUT2D eigenvalue weighted by atomic mass is 9.78. The molecule has 0 aliphatic carbocycles. The molecule has 2 aromatic carbocycles. The Balaban J connectivity index is 1.22. The van der Waals surface area contributed by atoms with E-state index in [-0.39, 0.29) is 23.7 Å². The first kappa shape index (κ1) is 22.5. The van der Waals surface area contributed by atoms with Crippen molar-refractivity contribution in [1.82, 2.24) is 10.2 Å². The first-order valence-electron chi connectivity index (χ1n) is 12.8. The lowest BCUT2D eigenvalue weighted by Crippen LogP contribution is -2.53. The van der Waals surface area contributed by atoms with Crippen molar-refractivity contribution in [2.24, 2.45) is 11.3 Å². The van der Waals surface area contributed by atoms with Crippen LogP contribution in [0.25, 0.3) is 11.1 Å². The summed E-state index contributed by atoms with van der Waals surface area (Å²) in [7, 11) is 0. The number of carbonyl (C=O) groups excluding carboxylic acids is 1. The third-order valence-electron chi connectivity index (χ3n) is 7.90. The highest BCUT2D eigenvalue weighted by atomic mass is 16.6. The number of carbonyl (C=O) groups is 1. The van der Waals surface area contributed by atoms with Crippen LogP contribution in [0.3, 0.4) is 0 Å². The lowest BCUT2D eigenvalue weighted by molar-refractivity contribution is -0.0361. The van der Waals surface area contributed by atoms with Crippen molar-refractivity contribution in [3.05, 3.63) is 42.0 Å². The number of ether oxygens (including phenoxy) is 4. The third-order valence-corrected chi connectivity index (χ3v) is 7.90. The third kappa shape index (κ3) is 4.42. The number of amides is 1. The Bertz CT molecular complexity index is 1110. The summed E-state index contributed by atoms with van der Waals surface area (Å²) >= 11 is 0. The summed E-state index contributed by atoms with van der Waals surface area (Å²) in [6, 6.07) is 12.0. The normalized spacial score (nSPS) is 28.3. The molecule has 5 aliphatic rings. The molecular formula is C28H34N2O5. The Hall–Kier alpha value is -2.93. The fourth-order valence-electron chi connectivity index (χ4n) is 5.80. The number of rotatable bonds is 3. The van der Waals surface area contributed by atoms with E-state index in [9.17, 15) is 4.79 Å². The molecule has 186 valence electrons. The average Bonchev–Trinajstić information content (AvgIpc) is 3.11. The Labute approximate surface area is 206 Å².